The molecule has 30 heavy (non-hydrogen) atoms. The minimum atomic E-state index is -0.342. The number of benzene rings is 2. The summed E-state index contributed by atoms with van der Waals surface area (Å²) < 4.78 is 16.3. The third-order valence-corrected chi connectivity index (χ3v) is 5.75. The summed E-state index contributed by atoms with van der Waals surface area (Å²) in [6.45, 7) is 3.35. The van der Waals surface area contributed by atoms with Crippen molar-refractivity contribution in [3.8, 4) is 17.2 Å². The summed E-state index contributed by atoms with van der Waals surface area (Å²) in [6, 6.07) is 13.3. The number of amides is 2. The lowest BCUT2D eigenvalue weighted by Gasteiger charge is -2.20. The zero-order valence-corrected chi connectivity index (χ0v) is 17.2. The Bertz CT molecular complexity index is 945. The van der Waals surface area contributed by atoms with Crippen molar-refractivity contribution in [2.75, 3.05) is 27.0 Å². The minimum Gasteiger partial charge on any atom is -0.496 e. The van der Waals surface area contributed by atoms with Crippen molar-refractivity contribution in [1.29, 1.82) is 0 Å². The number of hydrogen-bond acceptors (Lipinski definition) is 5. The highest BCUT2D eigenvalue weighted by atomic mass is 16.7. The number of carbonyl (C=O) groups is 2. The fourth-order valence-corrected chi connectivity index (χ4v) is 4.16. The molecule has 0 saturated carbocycles. The lowest BCUT2D eigenvalue weighted by Crippen LogP contribution is -2.35. The van der Waals surface area contributed by atoms with Gasteiger partial charge in [-0.15, -0.1) is 0 Å². The quantitative estimate of drug-likeness (QED) is 0.792. The second kappa shape index (κ2) is 8.65. The lowest BCUT2D eigenvalue weighted by atomic mass is 9.87. The first-order valence-corrected chi connectivity index (χ1v) is 10.2. The third kappa shape index (κ3) is 3.92. The molecule has 7 heteroatoms. The molecule has 2 aromatic carbocycles. The summed E-state index contributed by atoms with van der Waals surface area (Å²) in [4.78, 5) is 27.3. The molecule has 0 aromatic heterocycles. The van der Waals surface area contributed by atoms with Crippen molar-refractivity contribution in [2.24, 2.45) is 5.92 Å². The predicted molar refractivity (Wildman–Crippen MR) is 111 cm³/mol. The number of nitrogens with zero attached hydrogens (tertiary/aromatic N) is 1. The van der Waals surface area contributed by atoms with Crippen molar-refractivity contribution in [3.63, 3.8) is 0 Å². The van der Waals surface area contributed by atoms with E-state index in [0.717, 1.165) is 16.9 Å². The van der Waals surface area contributed by atoms with Crippen molar-refractivity contribution in [1.82, 2.24) is 10.2 Å². The molecule has 0 unspecified atom stereocenters. The van der Waals surface area contributed by atoms with E-state index in [4.69, 9.17) is 14.2 Å². The van der Waals surface area contributed by atoms with Crippen molar-refractivity contribution >= 4 is 11.8 Å². The van der Waals surface area contributed by atoms with Crippen LogP contribution in [0.25, 0.3) is 0 Å². The number of rotatable bonds is 6. The second-order valence-electron chi connectivity index (χ2n) is 7.51. The summed E-state index contributed by atoms with van der Waals surface area (Å²) in [5.74, 6) is 1.66. The van der Waals surface area contributed by atoms with Gasteiger partial charge in [0.2, 0.25) is 18.6 Å². The van der Waals surface area contributed by atoms with Crippen LogP contribution in [0.15, 0.2) is 42.5 Å². The number of likely N-dealkylation sites (tertiary alicyclic amines) is 1. The number of para-hydroxylation sites is 1. The molecule has 2 aliphatic rings. The van der Waals surface area contributed by atoms with Crippen LogP contribution in [-0.4, -0.2) is 43.7 Å². The van der Waals surface area contributed by atoms with Gasteiger partial charge in [-0.2, -0.15) is 0 Å². The molecule has 1 fully saturated rings. The molecule has 4 rings (SSSR count). The van der Waals surface area contributed by atoms with Gasteiger partial charge in [-0.1, -0.05) is 31.2 Å². The van der Waals surface area contributed by atoms with Gasteiger partial charge in [-0.3, -0.25) is 9.59 Å². The van der Waals surface area contributed by atoms with Gasteiger partial charge in [-0.05, 0) is 29.3 Å². The van der Waals surface area contributed by atoms with E-state index >= 15 is 0 Å². The average Bonchev–Trinajstić information content (AvgIpc) is 3.43. The Balaban J connectivity index is 1.51. The van der Waals surface area contributed by atoms with Gasteiger partial charge >= 0.3 is 0 Å². The van der Waals surface area contributed by atoms with Crippen LogP contribution in [0.3, 0.4) is 0 Å². The van der Waals surface area contributed by atoms with Crippen molar-refractivity contribution < 1.29 is 23.8 Å². The Hall–Kier alpha value is -3.22. The highest BCUT2D eigenvalue weighted by Gasteiger charge is 2.41. The van der Waals surface area contributed by atoms with Gasteiger partial charge in [0.25, 0.3) is 0 Å². The van der Waals surface area contributed by atoms with Gasteiger partial charge in [0.05, 0.1) is 13.0 Å². The van der Waals surface area contributed by atoms with Gasteiger partial charge in [-0.25, -0.2) is 0 Å². The fraction of sp³-hybridized carbons (Fsp3) is 0.391. The molecule has 2 aliphatic heterocycles. The van der Waals surface area contributed by atoms with E-state index in [2.05, 4.69) is 5.32 Å². The number of nitrogens with one attached hydrogen (secondary N) is 1. The first-order chi connectivity index (χ1) is 14.6. The van der Waals surface area contributed by atoms with Crippen LogP contribution < -0.4 is 19.5 Å². The van der Waals surface area contributed by atoms with Crippen LogP contribution >= 0.6 is 0 Å². The molecular weight excluding hydrogens is 384 g/mol. The number of methoxy groups -OCH3 is 1. The molecule has 0 bridgehead atoms. The Morgan fingerprint density at radius 2 is 1.93 bits per heavy atom. The van der Waals surface area contributed by atoms with E-state index < -0.39 is 0 Å². The van der Waals surface area contributed by atoms with Crippen molar-refractivity contribution in [3.05, 3.63) is 53.6 Å². The zero-order valence-electron chi connectivity index (χ0n) is 17.2. The normalized spacial score (nSPS) is 19.6. The largest absolute Gasteiger partial charge is 0.496 e. The fourth-order valence-electron chi connectivity index (χ4n) is 4.16. The van der Waals surface area contributed by atoms with Crippen molar-refractivity contribution in [2.45, 2.75) is 25.8 Å². The Morgan fingerprint density at radius 3 is 2.73 bits per heavy atom. The van der Waals surface area contributed by atoms with E-state index in [1.54, 1.807) is 12.0 Å². The SMILES string of the molecule is CCC(=O)N1C[C@@H](C(=O)NCc2ccc3c(c2)OCO3)[C@H](c2ccccc2OC)C1. The van der Waals surface area contributed by atoms with Gasteiger partial charge in [0.15, 0.2) is 11.5 Å². The smallest absolute Gasteiger partial charge is 0.231 e. The first-order valence-electron chi connectivity index (χ1n) is 10.2. The number of carbonyl (C=O) groups excluding carboxylic acids is 2. The molecule has 2 aromatic rings. The predicted octanol–water partition coefficient (Wildman–Crippen LogP) is 2.69. The van der Waals surface area contributed by atoms with Gasteiger partial charge in [0, 0.05) is 32.0 Å². The van der Waals surface area contributed by atoms with E-state index in [9.17, 15) is 9.59 Å². The number of ether oxygens (including phenoxy) is 3. The monoisotopic (exact) mass is 410 g/mol. The van der Waals surface area contributed by atoms with Crippen LogP contribution in [0, 0.1) is 5.92 Å². The summed E-state index contributed by atoms with van der Waals surface area (Å²) in [5.41, 5.74) is 1.88. The first kappa shape index (κ1) is 20.1. The minimum absolute atomic E-state index is 0.0565. The second-order valence-corrected chi connectivity index (χ2v) is 7.51. The molecule has 1 N–H and O–H groups in total. The van der Waals surface area contributed by atoms with Crippen LogP contribution in [0.2, 0.25) is 0 Å². The van der Waals surface area contributed by atoms with Gasteiger partial charge in [0.1, 0.15) is 5.75 Å². The molecule has 2 amide bonds. The van der Waals surface area contributed by atoms with E-state index in [1.807, 2.05) is 49.4 Å². The molecule has 0 aliphatic carbocycles. The topological polar surface area (TPSA) is 77.1 Å². The molecule has 0 radical (unpaired) electrons. The number of hydrogen-bond donors (Lipinski definition) is 1. The summed E-state index contributed by atoms with van der Waals surface area (Å²) >= 11 is 0. The summed E-state index contributed by atoms with van der Waals surface area (Å²) in [6.07, 6.45) is 0.421. The molecule has 7 nitrogen and oxygen atoms in total. The summed E-state index contributed by atoms with van der Waals surface area (Å²) in [5, 5.41) is 3.03. The zero-order chi connectivity index (χ0) is 21.1. The molecule has 0 spiro atoms. The Kier molecular flexibility index (Phi) is 5.79. The average molecular weight is 410 g/mol. The third-order valence-electron chi connectivity index (χ3n) is 5.75. The Labute approximate surface area is 175 Å². The Morgan fingerprint density at radius 1 is 1.13 bits per heavy atom. The molecule has 2 heterocycles. The summed E-state index contributed by atoms with van der Waals surface area (Å²) in [7, 11) is 1.62. The highest BCUT2D eigenvalue weighted by molar-refractivity contribution is 5.83. The maximum Gasteiger partial charge on any atom is 0.231 e. The van der Waals surface area contributed by atoms with Crippen LogP contribution in [0.5, 0.6) is 17.2 Å². The standard InChI is InChI=1S/C23H26N2O5/c1-3-22(26)25-12-17(16-6-4-5-7-19(16)28-2)18(13-25)23(27)24-11-15-8-9-20-21(10-15)30-14-29-20/h4-10,17-18H,3,11-14H2,1-2H3,(H,24,27)/t17-,18+/m0/s1. The molecule has 158 valence electrons. The van der Waals surface area contributed by atoms with E-state index in [1.165, 1.54) is 0 Å². The van der Waals surface area contributed by atoms with E-state index in [-0.39, 0.29) is 30.4 Å². The maximum absolute atomic E-state index is 13.1. The maximum atomic E-state index is 13.1. The van der Waals surface area contributed by atoms with Crippen LogP contribution in [-0.2, 0) is 16.1 Å². The molecular formula is C23H26N2O5. The number of fused-ring (bicyclic) bond motifs is 1. The van der Waals surface area contributed by atoms with Crippen LogP contribution in [0.1, 0.15) is 30.4 Å². The molecule has 2 atom stereocenters. The highest BCUT2D eigenvalue weighted by Crippen LogP contribution is 2.38. The van der Waals surface area contributed by atoms with E-state index in [0.29, 0.717) is 37.6 Å². The lowest BCUT2D eigenvalue weighted by molar-refractivity contribution is -0.130. The van der Waals surface area contributed by atoms with Crippen LogP contribution in [0.4, 0.5) is 0 Å². The van der Waals surface area contributed by atoms with Gasteiger partial charge < -0.3 is 24.4 Å². The molecule has 1 saturated heterocycles.